The molecule has 1 fully saturated rings. The molecule has 0 atom stereocenters. The number of piperidine rings is 1. The Morgan fingerprint density at radius 2 is 1.82 bits per heavy atom. The quantitative estimate of drug-likeness (QED) is 0.534. The van der Waals surface area contributed by atoms with E-state index in [1.165, 1.54) is 0 Å². The first-order valence-electron chi connectivity index (χ1n) is 11.4. The topological polar surface area (TPSA) is 90.2 Å². The molecule has 1 saturated heterocycles. The van der Waals surface area contributed by atoms with Gasteiger partial charge in [-0.25, -0.2) is 0 Å². The van der Waals surface area contributed by atoms with E-state index in [1.54, 1.807) is 10.9 Å². The van der Waals surface area contributed by atoms with Crippen LogP contribution in [0.3, 0.4) is 0 Å². The summed E-state index contributed by atoms with van der Waals surface area (Å²) in [5.74, 6) is -0.0146. The lowest BCUT2D eigenvalue weighted by atomic mass is 9.90. The molecule has 8 nitrogen and oxygen atoms in total. The highest BCUT2D eigenvalue weighted by Gasteiger charge is 2.27. The predicted octanol–water partition coefficient (Wildman–Crippen LogP) is 3.20. The minimum absolute atomic E-state index is 0.00256. The van der Waals surface area contributed by atoms with Crippen molar-refractivity contribution in [2.24, 2.45) is 13.0 Å². The van der Waals surface area contributed by atoms with E-state index in [1.807, 2.05) is 52.5 Å². The predicted molar refractivity (Wildman–Crippen MR) is 125 cm³/mol. The number of rotatable bonds is 6. The smallest absolute Gasteiger partial charge is 0.320 e. The van der Waals surface area contributed by atoms with E-state index in [0.717, 1.165) is 53.7 Å². The Kier molecular flexibility index (Phi) is 6.56. The maximum Gasteiger partial charge on any atom is 0.320 e. The van der Waals surface area contributed by atoms with Crippen LogP contribution < -0.4 is 0 Å². The molecule has 0 spiro atoms. The van der Waals surface area contributed by atoms with E-state index >= 15 is 0 Å². The molecule has 4 rings (SSSR count). The summed E-state index contributed by atoms with van der Waals surface area (Å²) in [5, 5.41) is 5.18. The van der Waals surface area contributed by atoms with Gasteiger partial charge in [-0.15, -0.1) is 0 Å². The van der Waals surface area contributed by atoms with Gasteiger partial charge in [-0.05, 0) is 58.8 Å². The van der Waals surface area contributed by atoms with Crippen LogP contribution >= 0.6 is 0 Å². The van der Waals surface area contributed by atoms with Crippen LogP contribution in [0, 0.1) is 5.92 Å². The first-order valence-corrected chi connectivity index (χ1v) is 11.4. The van der Waals surface area contributed by atoms with Gasteiger partial charge in [0, 0.05) is 54.0 Å². The molecule has 174 valence electrons. The van der Waals surface area contributed by atoms with Crippen molar-refractivity contribution in [2.75, 3.05) is 19.6 Å². The zero-order valence-electron chi connectivity index (χ0n) is 19.7. The second-order valence-electron chi connectivity index (χ2n) is 9.77. The molecule has 3 aromatic rings. The van der Waals surface area contributed by atoms with Crippen molar-refractivity contribution < 1.29 is 14.3 Å². The third-order valence-electron chi connectivity index (χ3n) is 5.83. The Labute approximate surface area is 194 Å². The van der Waals surface area contributed by atoms with Gasteiger partial charge in [0.25, 0.3) is 0 Å². The van der Waals surface area contributed by atoms with Gasteiger partial charge in [-0.2, -0.15) is 5.10 Å². The number of carbonyl (C=O) groups excluding carboxylic acids is 2. The monoisotopic (exact) mass is 449 g/mol. The molecular weight excluding hydrogens is 418 g/mol. The van der Waals surface area contributed by atoms with Crippen molar-refractivity contribution in [3.05, 3.63) is 42.6 Å². The van der Waals surface area contributed by atoms with Crippen LogP contribution in [0.2, 0.25) is 0 Å². The van der Waals surface area contributed by atoms with Gasteiger partial charge in [0.05, 0.1) is 24.5 Å². The fourth-order valence-electron chi connectivity index (χ4n) is 4.19. The summed E-state index contributed by atoms with van der Waals surface area (Å²) in [6.07, 6.45) is 9.12. The molecule has 33 heavy (non-hydrogen) atoms. The number of ketones is 1. The van der Waals surface area contributed by atoms with Gasteiger partial charge in [-0.3, -0.25) is 29.1 Å². The number of likely N-dealkylation sites (tertiary alicyclic amines) is 1. The highest BCUT2D eigenvalue weighted by atomic mass is 16.6. The maximum absolute atomic E-state index is 12.9. The molecule has 1 aliphatic heterocycles. The minimum Gasteiger partial charge on any atom is -0.459 e. The first-order chi connectivity index (χ1) is 15.7. The van der Waals surface area contributed by atoms with Gasteiger partial charge in [0.15, 0.2) is 0 Å². The number of pyridine rings is 2. The number of fused-ring (bicyclic) bond motifs is 1. The lowest BCUT2D eigenvalue weighted by Gasteiger charge is -2.31. The third kappa shape index (κ3) is 6.01. The number of esters is 1. The fraction of sp³-hybridized carbons (Fsp3) is 0.480. The van der Waals surface area contributed by atoms with Crippen LogP contribution in [-0.4, -0.2) is 61.6 Å². The second-order valence-corrected chi connectivity index (χ2v) is 9.77. The van der Waals surface area contributed by atoms with Gasteiger partial charge in [-0.1, -0.05) is 0 Å². The van der Waals surface area contributed by atoms with Crippen molar-refractivity contribution in [3.63, 3.8) is 0 Å². The lowest BCUT2D eigenvalue weighted by Crippen LogP contribution is -2.41. The summed E-state index contributed by atoms with van der Waals surface area (Å²) in [5.41, 5.74) is 3.06. The highest BCUT2D eigenvalue weighted by molar-refractivity contribution is 5.86. The number of carbonyl (C=O) groups is 2. The van der Waals surface area contributed by atoms with E-state index in [2.05, 4.69) is 26.0 Å². The van der Waals surface area contributed by atoms with Gasteiger partial charge in [0.2, 0.25) is 0 Å². The summed E-state index contributed by atoms with van der Waals surface area (Å²) in [4.78, 5) is 36.0. The maximum atomic E-state index is 12.9. The molecule has 0 aliphatic carbocycles. The van der Waals surface area contributed by atoms with E-state index < -0.39 is 5.60 Å². The average molecular weight is 450 g/mol. The van der Waals surface area contributed by atoms with E-state index in [-0.39, 0.29) is 24.2 Å². The average Bonchev–Trinajstić information content (AvgIpc) is 3.18. The van der Waals surface area contributed by atoms with Crippen LogP contribution in [0.25, 0.3) is 22.0 Å². The number of aromatic nitrogens is 4. The molecule has 0 unspecified atom stereocenters. The molecule has 0 aromatic carbocycles. The zero-order chi connectivity index (χ0) is 23.6. The molecule has 0 saturated carbocycles. The Morgan fingerprint density at radius 1 is 1.06 bits per heavy atom. The molecular formula is C25H31N5O3. The van der Waals surface area contributed by atoms with E-state index in [9.17, 15) is 9.59 Å². The summed E-state index contributed by atoms with van der Waals surface area (Å²) < 4.78 is 7.16. The largest absolute Gasteiger partial charge is 0.459 e. The van der Waals surface area contributed by atoms with Crippen LogP contribution in [0.15, 0.2) is 36.9 Å². The summed E-state index contributed by atoms with van der Waals surface area (Å²) in [6.45, 7) is 7.32. The summed E-state index contributed by atoms with van der Waals surface area (Å²) in [6, 6.07) is 4.02. The molecule has 1 aliphatic rings. The summed E-state index contributed by atoms with van der Waals surface area (Å²) >= 11 is 0. The fourth-order valence-corrected chi connectivity index (χ4v) is 4.19. The van der Waals surface area contributed by atoms with Gasteiger partial charge in [0.1, 0.15) is 11.4 Å². The van der Waals surface area contributed by atoms with Crippen LogP contribution in [-0.2, 0) is 27.8 Å². The van der Waals surface area contributed by atoms with E-state index in [4.69, 9.17) is 4.74 Å². The van der Waals surface area contributed by atoms with Crippen LogP contribution in [0.5, 0.6) is 0 Å². The van der Waals surface area contributed by atoms with Gasteiger partial charge >= 0.3 is 5.97 Å². The van der Waals surface area contributed by atoms with Crippen molar-refractivity contribution in [1.82, 2.24) is 24.6 Å². The normalized spacial score (nSPS) is 15.6. The zero-order valence-corrected chi connectivity index (χ0v) is 19.7. The van der Waals surface area contributed by atoms with Crippen molar-refractivity contribution >= 4 is 22.7 Å². The van der Waals surface area contributed by atoms with Gasteiger partial charge < -0.3 is 4.74 Å². The number of hydrogen-bond acceptors (Lipinski definition) is 7. The number of Topliss-reactive ketones (excluding diaryl/α,β-unsaturated/α-hetero) is 1. The standard InChI is InChI=1S/C25H31N5O3/c1-25(2,3)33-24(32)16-30-7-5-17(6-8-30)23(31)11-21-10-18-9-19(12-27-22(18)14-26-21)20-13-28-29(4)15-20/h9-10,12-15,17H,5-8,11,16H2,1-4H3. The number of aryl methyl sites for hydroxylation is 1. The molecule has 8 heteroatoms. The van der Waals surface area contributed by atoms with Crippen molar-refractivity contribution in [1.29, 1.82) is 0 Å². The Bertz CT molecular complexity index is 1160. The molecule has 0 amide bonds. The number of ether oxygens (including phenoxy) is 1. The second kappa shape index (κ2) is 9.39. The molecule has 0 N–H and O–H groups in total. The summed E-state index contributed by atoms with van der Waals surface area (Å²) in [7, 11) is 1.88. The van der Waals surface area contributed by atoms with Crippen LogP contribution in [0.1, 0.15) is 39.3 Å². The highest BCUT2D eigenvalue weighted by Crippen LogP contribution is 2.24. The lowest BCUT2D eigenvalue weighted by molar-refractivity contribution is -0.156. The number of nitrogens with zero attached hydrogens (tertiary/aromatic N) is 5. The Morgan fingerprint density at radius 3 is 2.48 bits per heavy atom. The minimum atomic E-state index is -0.480. The molecule has 3 aromatic heterocycles. The van der Waals surface area contributed by atoms with Crippen molar-refractivity contribution in [3.8, 4) is 11.1 Å². The van der Waals surface area contributed by atoms with Crippen molar-refractivity contribution in [2.45, 2.75) is 45.6 Å². The van der Waals surface area contributed by atoms with Crippen LogP contribution in [0.4, 0.5) is 0 Å². The number of hydrogen-bond donors (Lipinski definition) is 0. The first kappa shape index (κ1) is 23.0. The molecule has 0 bridgehead atoms. The molecule has 4 heterocycles. The Hall–Kier alpha value is -3.13. The third-order valence-corrected chi connectivity index (χ3v) is 5.83. The SMILES string of the molecule is Cn1cc(-c2cnc3cnc(CC(=O)C4CCN(CC(=O)OC(C)(C)C)CC4)cc3c2)cn1. The molecule has 0 radical (unpaired) electrons. The van der Waals surface area contributed by atoms with E-state index in [0.29, 0.717) is 6.42 Å². The Balaban J connectivity index is 1.35.